The van der Waals surface area contributed by atoms with Crippen LogP contribution in [0.3, 0.4) is 0 Å². The minimum Gasteiger partial charge on any atom is -0.462 e. The van der Waals surface area contributed by atoms with Gasteiger partial charge in [0.2, 0.25) is 0 Å². The number of carbonyl (C=O) groups excluding carboxylic acids is 2. The van der Waals surface area contributed by atoms with Gasteiger partial charge in [0.25, 0.3) is 5.91 Å². The molecule has 0 saturated carbocycles. The van der Waals surface area contributed by atoms with Crippen LogP contribution in [0.2, 0.25) is 0 Å². The van der Waals surface area contributed by atoms with E-state index >= 15 is 0 Å². The molecule has 33 heavy (non-hydrogen) atoms. The smallest absolute Gasteiger partial charge is 0.434 e. The minimum atomic E-state index is -4.85. The molecule has 4 aromatic rings. The van der Waals surface area contributed by atoms with E-state index in [0.29, 0.717) is 21.5 Å². The van der Waals surface area contributed by atoms with Crippen LogP contribution in [0.25, 0.3) is 16.8 Å². The van der Waals surface area contributed by atoms with Crippen molar-refractivity contribution in [1.29, 1.82) is 0 Å². The van der Waals surface area contributed by atoms with Crippen molar-refractivity contribution in [2.45, 2.75) is 20.0 Å². The molecule has 3 aromatic heterocycles. The van der Waals surface area contributed by atoms with Crippen LogP contribution in [0.4, 0.5) is 18.9 Å². The van der Waals surface area contributed by atoms with Crippen LogP contribution in [0.1, 0.15) is 39.2 Å². The molecule has 1 aromatic carbocycles. The molecule has 170 valence electrons. The van der Waals surface area contributed by atoms with Crippen molar-refractivity contribution in [1.82, 2.24) is 14.8 Å². The van der Waals surface area contributed by atoms with Crippen molar-refractivity contribution in [2.75, 3.05) is 11.9 Å². The average Bonchev–Trinajstić information content (AvgIpc) is 3.39. The van der Waals surface area contributed by atoms with E-state index in [-0.39, 0.29) is 18.1 Å². The summed E-state index contributed by atoms with van der Waals surface area (Å²) in [6.07, 6.45) is -4.03. The maximum absolute atomic E-state index is 13.6. The highest BCUT2D eigenvalue weighted by molar-refractivity contribution is 6.04. The van der Waals surface area contributed by atoms with E-state index in [1.807, 2.05) is 6.92 Å². The number of furan rings is 1. The lowest BCUT2D eigenvalue weighted by Gasteiger charge is -2.13. The zero-order valence-electron chi connectivity index (χ0n) is 17.4. The number of fused-ring (bicyclic) bond motifs is 1. The first-order chi connectivity index (χ1) is 15.7. The largest absolute Gasteiger partial charge is 0.462 e. The molecule has 0 unspecified atom stereocenters. The second-order valence-electron chi connectivity index (χ2n) is 6.98. The van der Waals surface area contributed by atoms with Gasteiger partial charge in [-0.3, -0.25) is 4.79 Å². The molecule has 0 saturated heterocycles. The predicted octanol–water partition coefficient (Wildman–Crippen LogP) is 4.77. The highest BCUT2D eigenvalue weighted by Crippen LogP contribution is 2.34. The van der Waals surface area contributed by atoms with Gasteiger partial charge < -0.3 is 14.5 Å². The van der Waals surface area contributed by atoms with E-state index in [1.165, 1.54) is 37.3 Å². The lowest BCUT2D eigenvalue weighted by Crippen LogP contribution is -2.18. The van der Waals surface area contributed by atoms with Crippen LogP contribution in [-0.2, 0) is 10.9 Å². The molecule has 0 fully saturated rings. The monoisotopic (exact) mass is 458 g/mol. The Balaban J connectivity index is 1.58. The van der Waals surface area contributed by atoms with Crippen molar-refractivity contribution in [2.24, 2.45) is 0 Å². The molecular weight excluding hydrogens is 441 g/mol. The number of esters is 1. The number of amides is 1. The topological polar surface area (TPSA) is 99.2 Å². The number of aromatic nitrogens is 3. The molecule has 0 aliphatic rings. The Morgan fingerprint density at radius 3 is 2.55 bits per heavy atom. The number of anilines is 1. The summed E-state index contributed by atoms with van der Waals surface area (Å²) in [6.45, 7) is 3.23. The number of nitrogens with one attached hydrogen (secondary N) is 1. The minimum absolute atomic E-state index is 0.0395. The Morgan fingerprint density at radius 1 is 1.15 bits per heavy atom. The van der Waals surface area contributed by atoms with E-state index in [4.69, 9.17) is 9.15 Å². The highest BCUT2D eigenvalue weighted by Gasteiger charge is 2.41. The van der Waals surface area contributed by atoms with Crippen molar-refractivity contribution in [3.63, 3.8) is 0 Å². The SMILES string of the molecule is CCOC(=O)c1cnn(-c2ccc(NC(=O)c3cc4nc(C)ccc4o3)cc2)c1C(F)(F)F. The van der Waals surface area contributed by atoms with Crippen molar-refractivity contribution >= 4 is 28.7 Å². The number of hydrogen-bond donors (Lipinski definition) is 1. The zero-order valence-corrected chi connectivity index (χ0v) is 17.4. The zero-order chi connectivity index (χ0) is 23.8. The molecule has 1 N–H and O–H groups in total. The number of halogens is 3. The Labute approximate surface area is 185 Å². The van der Waals surface area contributed by atoms with Gasteiger partial charge >= 0.3 is 12.1 Å². The Bertz CT molecular complexity index is 1340. The number of rotatable bonds is 5. The van der Waals surface area contributed by atoms with E-state index < -0.39 is 29.3 Å². The highest BCUT2D eigenvalue weighted by atomic mass is 19.4. The number of carbonyl (C=O) groups is 2. The molecule has 4 rings (SSSR count). The van der Waals surface area contributed by atoms with E-state index in [9.17, 15) is 22.8 Å². The number of benzene rings is 1. The predicted molar refractivity (Wildman–Crippen MR) is 111 cm³/mol. The summed E-state index contributed by atoms with van der Waals surface area (Å²) in [5.74, 6) is -1.62. The summed E-state index contributed by atoms with van der Waals surface area (Å²) in [6, 6.07) is 10.4. The fraction of sp³-hybridized carbons (Fsp3) is 0.182. The maximum Gasteiger partial charge on any atom is 0.434 e. The molecule has 1 amide bonds. The molecule has 0 spiro atoms. The molecule has 0 aliphatic carbocycles. The fourth-order valence-electron chi connectivity index (χ4n) is 3.19. The third kappa shape index (κ3) is 4.43. The van der Waals surface area contributed by atoms with E-state index in [1.54, 1.807) is 12.1 Å². The number of hydrogen-bond acceptors (Lipinski definition) is 6. The summed E-state index contributed by atoms with van der Waals surface area (Å²) < 4.78 is 51.7. The van der Waals surface area contributed by atoms with Gasteiger partial charge in [-0.15, -0.1) is 0 Å². The molecule has 0 aliphatic heterocycles. The first kappa shape index (κ1) is 22.1. The quantitative estimate of drug-likeness (QED) is 0.433. The van der Waals surface area contributed by atoms with Gasteiger partial charge in [0.1, 0.15) is 11.1 Å². The average molecular weight is 458 g/mol. The summed E-state index contributed by atoms with van der Waals surface area (Å²) in [5, 5.41) is 6.32. The number of aryl methyl sites for hydroxylation is 1. The van der Waals surface area contributed by atoms with E-state index in [2.05, 4.69) is 15.4 Å². The molecular formula is C22H17F3N4O4. The third-order valence-corrected chi connectivity index (χ3v) is 4.64. The normalized spacial score (nSPS) is 11.5. The van der Waals surface area contributed by atoms with Crippen LogP contribution in [0.15, 0.2) is 53.1 Å². The van der Waals surface area contributed by atoms with Crippen LogP contribution < -0.4 is 5.32 Å². The molecule has 3 heterocycles. The number of alkyl halides is 3. The van der Waals surface area contributed by atoms with Gasteiger partial charge in [-0.2, -0.15) is 18.3 Å². The van der Waals surface area contributed by atoms with E-state index in [0.717, 1.165) is 11.9 Å². The van der Waals surface area contributed by atoms with Gasteiger partial charge in [0.15, 0.2) is 17.0 Å². The standard InChI is InChI=1S/C22H17F3N4O4/c1-3-32-21(31)15-11-26-29(19(15)22(23,24)25)14-7-5-13(6-8-14)28-20(30)18-10-16-17(33-18)9-4-12(2)27-16/h4-11H,3H2,1-2H3,(H,28,30). The molecule has 11 heteroatoms. The fourth-order valence-corrected chi connectivity index (χ4v) is 3.19. The van der Waals surface area contributed by atoms with Crippen LogP contribution in [0.5, 0.6) is 0 Å². The maximum atomic E-state index is 13.6. The van der Waals surface area contributed by atoms with Crippen LogP contribution in [-0.4, -0.2) is 33.2 Å². The van der Waals surface area contributed by atoms with Gasteiger partial charge in [-0.1, -0.05) is 0 Å². The second-order valence-corrected chi connectivity index (χ2v) is 6.98. The number of pyridine rings is 1. The van der Waals surface area contributed by atoms with Crippen LogP contribution in [0, 0.1) is 6.92 Å². The summed E-state index contributed by atoms with van der Waals surface area (Å²) in [7, 11) is 0. The molecule has 0 radical (unpaired) electrons. The summed E-state index contributed by atoms with van der Waals surface area (Å²) in [4.78, 5) is 28.7. The van der Waals surface area contributed by atoms with Gasteiger partial charge in [-0.25, -0.2) is 14.5 Å². The Morgan fingerprint density at radius 2 is 1.88 bits per heavy atom. The summed E-state index contributed by atoms with van der Waals surface area (Å²) in [5.41, 5.74) is 0.189. The van der Waals surface area contributed by atoms with Gasteiger partial charge in [-0.05, 0) is 50.2 Å². The Hall–Kier alpha value is -4.15. The van der Waals surface area contributed by atoms with Crippen molar-refractivity contribution in [3.8, 4) is 5.69 Å². The number of nitrogens with zero attached hydrogens (tertiary/aromatic N) is 3. The third-order valence-electron chi connectivity index (χ3n) is 4.64. The van der Waals surface area contributed by atoms with Gasteiger partial charge in [0, 0.05) is 17.4 Å². The lowest BCUT2D eigenvalue weighted by atomic mass is 10.2. The van der Waals surface area contributed by atoms with Crippen molar-refractivity contribution in [3.05, 3.63) is 71.4 Å². The first-order valence-corrected chi connectivity index (χ1v) is 9.78. The Kier molecular flexibility index (Phi) is 5.62. The van der Waals surface area contributed by atoms with Gasteiger partial charge in [0.05, 0.1) is 18.5 Å². The molecule has 8 nitrogen and oxygen atoms in total. The molecule has 0 atom stereocenters. The number of ether oxygens (including phenoxy) is 1. The van der Waals surface area contributed by atoms with Crippen LogP contribution >= 0.6 is 0 Å². The second kappa shape index (κ2) is 8.41. The molecule has 0 bridgehead atoms. The summed E-state index contributed by atoms with van der Waals surface area (Å²) >= 11 is 0. The van der Waals surface area contributed by atoms with Crippen molar-refractivity contribution < 1.29 is 31.9 Å². The first-order valence-electron chi connectivity index (χ1n) is 9.78. The lowest BCUT2D eigenvalue weighted by molar-refractivity contribution is -0.143.